The summed E-state index contributed by atoms with van der Waals surface area (Å²) in [6.45, 7) is 0. The Bertz CT molecular complexity index is 747. The van der Waals surface area contributed by atoms with Crippen LogP contribution in [0.25, 0.3) is 10.9 Å². The second kappa shape index (κ2) is 4.39. The average Bonchev–Trinajstić information content (AvgIpc) is 2.74. The number of anilines is 2. The Balaban J connectivity index is 1.96. The van der Waals surface area contributed by atoms with Crippen molar-refractivity contribution in [2.24, 2.45) is 7.05 Å². The van der Waals surface area contributed by atoms with E-state index in [1.165, 1.54) is 12.1 Å². The summed E-state index contributed by atoms with van der Waals surface area (Å²) in [6, 6.07) is 11.2. The summed E-state index contributed by atoms with van der Waals surface area (Å²) in [5.41, 5.74) is 2.13. The normalized spacial score (nSPS) is 10.9. The van der Waals surface area contributed by atoms with Gasteiger partial charge in [-0.2, -0.15) is 0 Å². The van der Waals surface area contributed by atoms with Crippen molar-refractivity contribution in [3.63, 3.8) is 0 Å². The molecular formula is C15H12F2N2. The van der Waals surface area contributed by atoms with Crippen LogP contribution in [0.1, 0.15) is 0 Å². The molecule has 0 radical (unpaired) electrons. The van der Waals surface area contributed by atoms with Crippen LogP contribution in [0.3, 0.4) is 0 Å². The van der Waals surface area contributed by atoms with Crippen molar-refractivity contribution < 1.29 is 8.78 Å². The highest BCUT2D eigenvalue weighted by Crippen LogP contribution is 2.24. The van der Waals surface area contributed by atoms with Crippen LogP contribution in [0.2, 0.25) is 0 Å². The molecule has 0 amide bonds. The topological polar surface area (TPSA) is 17.0 Å². The van der Waals surface area contributed by atoms with Gasteiger partial charge >= 0.3 is 0 Å². The molecule has 0 saturated carbocycles. The van der Waals surface area contributed by atoms with Gasteiger partial charge in [0.25, 0.3) is 0 Å². The van der Waals surface area contributed by atoms with Gasteiger partial charge in [-0.3, -0.25) is 0 Å². The first-order valence-electron chi connectivity index (χ1n) is 5.91. The van der Waals surface area contributed by atoms with Gasteiger partial charge in [-0.15, -0.1) is 0 Å². The molecular weight excluding hydrogens is 246 g/mol. The fourth-order valence-electron chi connectivity index (χ4n) is 2.11. The monoisotopic (exact) mass is 258 g/mol. The van der Waals surface area contributed by atoms with Crippen molar-refractivity contribution in [3.05, 3.63) is 60.3 Å². The van der Waals surface area contributed by atoms with E-state index in [4.69, 9.17) is 0 Å². The van der Waals surface area contributed by atoms with E-state index in [0.717, 1.165) is 22.7 Å². The molecule has 1 aromatic heterocycles. The van der Waals surface area contributed by atoms with E-state index in [1.54, 1.807) is 0 Å². The minimum Gasteiger partial charge on any atom is -0.353 e. The molecule has 96 valence electrons. The second-order valence-corrected chi connectivity index (χ2v) is 4.45. The van der Waals surface area contributed by atoms with E-state index >= 15 is 0 Å². The number of halogens is 2. The molecule has 0 atom stereocenters. The number of benzene rings is 2. The van der Waals surface area contributed by atoms with Crippen LogP contribution in [0.15, 0.2) is 48.7 Å². The lowest BCUT2D eigenvalue weighted by Crippen LogP contribution is -1.94. The summed E-state index contributed by atoms with van der Waals surface area (Å²) in [4.78, 5) is 0. The molecule has 19 heavy (non-hydrogen) atoms. The first kappa shape index (κ1) is 11.7. The molecule has 3 aromatic rings. The van der Waals surface area contributed by atoms with E-state index in [-0.39, 0.29) is 5.69 Å². The Kier molecular flexibility index (Phi) is 2.71. The summed E-state index contributed by atoms with van der Waals surface area (Å²) in [7, 11) is 1.97. The van der Waals surface area contributed by atoms with Crippen LogP contribution in [0, 0.1) is 11.6 Å². The van der Waals surface area contributed by atoms with Crippen LogP contribution in [-0.4, -0.2) is 4.57 Å². The molecule has 0 aliphatic heterocycles. The Morgan fingerprint density at radius 2 is 1.84 bits per heavy atom. The number of fused-ring (bicyclic) bond motifs is 1. The zero-order valence-corrected chi connectivity index (χ0v) is 10.3. The van der Waals surface area contributed by atoms with E-state index in [0.29, 0.717) is 0 Å². The first-order valence-corrected chi connectivity index (χ1v) is 5.91. The summed E-state index contributed by atoms with van der Waals surface area (Å²) in [5.74, 6) is -1.19. The highest BCUT2D eigenvalue weighted by Gasteiger charge is 2.05. The third-order valence-electron chi connectivity index (χ3n) is 3.10. The Hall–Kier alpha value is -2.36. The molecule has 2 aromatic carbocycles. The van der Waals surface area contributed by atoms with Gasteiger partial charge in [-0.1, -0.05) is 0 Å². The Labute approximate surface area is 109 Å². The Morgan fingerprint density at radius 1 is 1.00 bits per heavy atom. The maximum absolute atomic E-state index is 13.5. The van der Waals surface area contributed by atoms with Crippen LogP contribution in [-0.2, 0) is 7.05 Å². The largest absolute Gasteiger partial charge is 0.353 e. The molecule has 0 saturated heterocycles. The van der Waals surface area contributed by atoms with Crippen molar-refractivity contribution in [3.8, 4) is 0 Å². The molecule has 2 nitrogen and oxygen atoms in total. The van der Waals surface area contributed by atoms with Gasteiger partial charge in [-0.25, -0.2) is 8.78 Å². The predicted molar refractivity (Wildman–Crippen MR) is 72.6 cm³/mol. The van der Waals surface area contributed by atoms with E-state index in [1.807, 2.05) is 42.1 Å². The first-order chi connectivity index (χ1) is 9.13. The molecule has 0 fully saturated rings. The SMILES string of the molecule is Cn1ccc2cc(Nc3ccc(F)cc3F)ccc21. The number of nitrogens with one attached hydrogen (secondary N) is 1. The lowest BCUT2D eigenvalue weighted by Gasteiger charge is -2.08. The van der Waals surface area contributed by atoms with Gasteiger partial charge in [0.15, 0.2) is 0 Å². The zero-order valence-electron chi connectivity index (χ0n) is 10.3. The number of aromatic nitrogens is 1. The molecule has 0 aliphatic carbocycles. The summed E-state index contributed by atoms with van der Waals surface area (Å²) >= 11 is 0. The molecule has 0 aliphatic rings. The third-order valence-corrected chi connectivity index (χ3v) is 3.10. The van der Waals surface area contributed by atoms with Crippen LogP contribution < -0.4 is 5.32 Å². The van der Waals surface area contributed by atoms with Crippen molar-refractivity contribution in [2.75, 3.05) is 5.32 Å². The predicted octanol–water partition coefficient (Wildman–Crippen LogP) is 4.20. The van der Waals surface area contributed by atoms with E-state index in [2.05, 4.69) is 5.32 Å². The minimum absolute atomic E-state index is 0.261. The third kappa shape index (κ3) is 2.17. The molecule has 1 heterocycles. The zero-order chi connectivity index (χ0) is 13.4. The number of nitrogens with zero attached hydrogens (tertiary/aromatic N) is 1. The standard InChI is InChI=1S/C15H12F2N2/c1-19-7-6-10-8-12(3-5-15(10)19)18-14-4-2-11(16)9-13(14)17/h2-9,18H,1H3. The molecule has 1 N–H and O–H groups in total. The van der Waals surface area contributed by atoms with Crippen molar-refractivity contribution >= 4 is 22.3 Å². The number of hydrogen-bond donors (Lipinski definition) is 1. The number of rotatable bonds is 2. The van der Waals surface area contributed by atoms with Crippen molar-refractivity contribution in [2.45, 2.75) is 0 Å². The maximum atomic E-state index is 13.5. The summed E-state index contributed by atoms with van der Waals surface area (Å²) < 4.78 is 28.4. The summed E-state index contributed by atoms with van der Waals surface area (Å²) in [5, 5.41) is 4.01. The smallest absolute Gasteiger partial charge is 0.149 e. The number of aryl methyl sites for hydroxylation is 1. The molecule has 4 heteroatoms. The lowest BCUT2D eigenvalue weighted by molar-refractivity contribution is 0.586. The van der Waals surface area contributed by atoms with E-state index < -0.39 is 11.6 Å². The Morgan fingerprint density at radius 3 is 2.63 bits per heavy atom. The second-order valence-electron chi connectivity index (χ2n) is 4.45. The van der Waals surface area contributed by atoms with Gasteiger partial charge in [-0.05, 0) is 36.4 Å². The fourth-order valence-corrected chi connectivity index (χ4v) is 2.11. The van der Waals surface area contributed by atoms with Crippen molar-refractivity contribution in [1.82, 2.24) is 4.57 Å². The molecule has 3 rings (SSSR count). The van der Waals surface area contributed by atoms with Crippen LogP contribution in [0.4, 0.5) is 20.2 Å². The summed E-state index contributed by atoms with van der Waals surface area (Å²) in [6.07, 6.45) is 1.97. The van der Waals surface area contributed by atoms with Gasteiger partial charge in [0.2, 0.25) is 0 Å². The van der Waals surface area contributed by atoms with Crippen LogP contribution in [0.5, 0.6) is 0 Å². The average molecular weight is 258 g/mol. The van der Waals surface area contributed by atoms with Crippen LogP contribution >= 0.6 is 0 Å². The highest BCUT2D eigenvalue weighted by atomic mass is 19.1. The minimum atomic E-state index is -0.604. The van der Waals surface area contributed by atoms with Gasteiger partial charge in [0, 0.05) is 35.9 Å². The van der Waals surface area contributed by atoms with Gasteiger partial charge in [0.05, 0.1) is 5.69 Å². The quantitative estimate of drug-likeness (QED) is 0.729. The molecule has 0 bridgehead atoms. The number of hydrogen-bond acceptors (Lipinski definition) is 1. The molecule has 0 spiro atoms. The lowest BCUT2D eigenvalue weighted by atomic mass is 10.2. The maximum Gasteiger partial charge on any atom is 0.149 e. The fraction of sp³-hybridized carbons (Fsp3) is 0.0667. The van der Waals surface area contributed by atoms with Gasteiger partial charge < -0.3 is 9.88 Å². The molecule has 0 unspecified atom stereocenters. The van der Waals surface area contributed by atoms with E-state index in [9.17, 15) is 8.78 Å². The van der Waals surface area contributed by atoms with Gasteiger partial charge in [0.1, 0.15) is 11.6 Å². The highest BCUT2D eigenvalue weighted by molar-refractivity contribution is 5.84. The van der Waals surface area contributed by atoms with Crippen molar-refractivity contribution in [1.29, 1.82) is 0 Å².